The van der Waals surface area contributed by atoms with E-state index >= 15 is 0 Å². The van der Waals surface area contributed by atoms with E-state index in [4.69, 9.17) is 0 Å². The van der Waals surface area contributed by atoms with Crippen LogP contribution in [0.2, 0.25) is 0 Å². The summed E-state index contributed by atoms with van der Waals surface area (Å²) in [5.41, 5.74) is 0.0389. The molecule has 0 spiro atoms. The number of hydrogen-bond acceptors (Lipinski definition) is 4. The Kier molecular flexibility index (Phi) is 3.99. The van der Waals surface area contributed by atoms with E-state index in [-0.39, 0.29) is 11.4 Å². The van der Waals surface area contributed by atoms with Crippen LogP contribution in [0.4, 0.5) is 16.2 Å². The maximum Gasteiger partial charge on any atom is 0.224 e. The van der Waals surface area contributed by atoms with Gasteiger partial charge in [-0.15, -0.1) is 0 Å². The predicted octanol–water partition coefficient (Wildman–Crippen LogP) is 3.18. The van der Waals surface area contributed by atoms with Crippen LogP contribution in [0.1, 0.15) is 46.0 Å². The van der Waals surface area contributed by atoms with Gasteiger partial charge in [0.05, 0.1) is 6.20 Å². The van der Waals surface area contributed by atoms with Gasteiger partial charge in [0.1, 0.15) is 0 Å². The summed E-state index contributed by atoms with van der Waals surface area (Å²) in [4.78, 5) is 8.16. The zero-order chi connectivity index (χ0) is 13.0. The zero-order valence-electron chi connectivity index (χ0n) is 11.1. The largest absolute Gasteiger partial charge is 0.362 e. The molecule has 1 aromatic heterocycles. The molecule has 1 saturated carbocycles. The first-order valence-corrected chi connectivity index (χ1v) is 6.74. The third kappa shape index (κ3) is 2.71. The van der Waals surface area contributed by atoms with Crippen LogP contribution in [-0.2, 0) is 0 Å². The fourth-order valence-electron chi connectivity index (χ4n) is 2.20. The van der Waals surface area contributed by atoms with Gasteiger partial charge >= 0.3 is 0 Å². The molecule has 2 N–H and O–H groups in total. The fourth-order valence-corrected chi connectivity index (χ4v) is 2.20. The second-order valence-corrected chi connectivity index (χ2v) is 4.93. The molecule has 0 aliphatic heterocycles. The van der Waals surface area contributed by atoms with E-state index in [0.29, 0.717) is 11.8 Å². The van der Waals surface area contributed by atoms with Gasteiger partial charge in [0.2, 0.25) is 5.95 Å². The Bertz CT molecular complexity index is 398. The molecular formula is C13H21FN4. The molecule has 0 saturated heterocycles. The molecule has 2 rings (SSSR count). The maximum absolute atomic E-state index is 13.7. The van der Waals surface area contributed by atoms with Gasteiger partial charge in [0.15, 0.2) is 11.6 Å². The highest BCUT2D eigenvalue weighted by atomic mass is 19.1. The van der Waals surface area contributed by atoms with Crippen molar-refractivity contribution in [2.24, 2.45) is 0 Å². The van der Waals surface area contributed by atoms with Crippen molar-refractivity contribution in [1.29, 1.82) is 0 Å². The quantitative estimate of drug-likeness (QED) is 0.816. The molecule has 1 aromatic rings. The predicted molar refractivity (Wildman–Crippen MR) is 71.3 cm³/mol. The maximum atomic E-state index is 13.7. The summed E-state index contributed by atoms with van der Waals surface area (Å²) in [5.74, 6) is 0.438. The van der Waals surface area contributed by atoms with E-state index in [1.165, 1.54) is 12.6 Å². The van der Waals surface area contributed by atoms with Gasteiger partial charge in [-0.1, -0.05) is 13.8 Å². The summed E-state index contributed by atoms with van der Waals surface area (Å²) in [7, 11) is 0. The summed E-state index contributed by atoms with van der Waals surface area (Å²) in [6.45, 7) is 4.99. The topological polar surface area (TPSA) is 49.8 Å². The Labute approximate surface area is 107 Å². The van der Waals surface area contributed by atoms with Gasteiger partial charge in [0.25, 0.3) is 0 Å². The number of aromatic nitrogens is 2. The van der Waals surface area contributed by atoms with Crippen LogP contribution < -0.4 is 10.6 Å². The first-order valence-electron chi connectivity index (χ1n) is 6.74. The minimum Gasteiger partial charge on any atom is -0.362 e. The molecule has 0 aromatic carbocycles. The van der Waals surface area contributed by atoms with Crippen molar-refractivity contribution in [2.45, 2.75) is 51.5 Å². The highest BCUT2D eigenvalue weighted by molar-refractivity contribution is 5.44. The van der Waals surface area contributed by atoms with Crippen LogP contribution in [0.25, 0.3) is 0 Å². The molecular weight excluding hydrogens is 231 g/mol. The third-order valence-corrected chi connectivity index (χ3v) is 3.65. The Balaban J connectivity index is 2.10. The molecule has 1 fully saturated rings. The first kappa shape index (κ1) is 13.1. The van der Waals surface area contributed by atoms with Gasteiger partial charge in [-0.25, -0.2) is 9.37 Å². The van der Waals surface area contributed by atoms with Crippen molar-refractivity contribution in [3.05, 3.63) is 12.0 Å². The molecule has 1 aliphatic carbocycles. The summed E-state index contributed by atoms with van der Waals surface area (Å²) in [6.07, 6.45) is 6.59. The molecule has 1 aliphatic rings. The number of halogens is 1. The molecule has 0 radical (unpaired) electrons. The average molecular weight is 252 g/mol. The second kappa shape index (κ2) is 5.50. The van der Waals surface area contributed by atoms with Crippen LogP contribution in [0.3, 0.4) is 0 Å². The van der Waals surface area contributed by atoms with Crippen molar-refractivity contribution < 1.29 is 4.39 Å². The lowest BCUT2D eigenvalue weighted by Gasteiger charge is -2.42. The Morgan fingerprint density at radius 3 is 2.72 bits per heavy atom. The van der Waals surface area contributed by atoms with E-state index in [1.54, 1.807) is 0 Å². The van der Waals surface area contributed by atoms with Gasteiger partial charge in [-0.3, -0.25) is 0 Å². The lowest BCUT2D eigenvalue weighted by atomic mass is 9.75. The van der Waals surface area contributed by atoms with E-state index in [2.05, 4.69) is 34.4 Å². The number of hydrogen-bond donors (Lipinski definition) is 2. The number of rotatable bonds is 6. The van der Waals surface area contributed by atoms with Crippen LogP contribution in [0.15, 0.2) is 6.20 Å². The molecule has 18 heavy (non-hydrogen) atoms. The van der Waals surface area contributed by atoms with Gasteiger partial charge in [0, 0.05) is 12.1 Å². The Hall–Kier alpha value is -1.39. The van der Waals surface area contributed by atoms with E-state index < -0.39 is 0 Å². The highest BCUT2D eigenvalue weighted by Gasteiger charge is 2.35. The first-order chi connectivity index (χ1) is 8.69. The lowest BCUT2D eigenvalue weighted by Crippen LogP contribution is -2.44. The summed E-state index contributed by atoms with van der Waals surface area (Å²) in [5, 5.41) is 6.33. The van der Waals surface area contributed by atoms with E-state index in [1.807, 2.05) is 0 Å². The summed E-state index contributed by atoms with van der Waals surface area (Å²) >= 11 is 0. The van der Waals surface area contributed by atoms with Crippen LogP contribution in [-0.4, -0.2) is 22.1 Å². The minimum absolute atomic E-state index is 0.0389. The smallest absolute Gasteiger partial charge is 0.224 e. The number of nitrogens with one attached hydrogen (secondary N) is 2. The minimum atomic E-state index is -0.378. The van der Waals surface area contributed by atoms with Crippen molar-refractivity contribution in [3.63, 3.8) is 0 Å². The van der Waals surface area contributed by atoms with Crippen molar-refractivity contribution >= 4 is 11.8 Å². The van der Waals surface area contributed by atoms with Crippen LogP contribution in [0, 0.1) is 5.82 Å². The normalized spacial score (nSPS) is 17.1. The number of anilines is 2. The van der Waals surface area contributed by atoms with Crippen LogP contribution in [0.5, 0.6) is 0 Å². The number of nitrogens with zero attached hydrogens (tertiary/aromatic N) is 2. The van der Waals surface area contributed by atoms with E-state index in [9.17, 15) is 4.39 Å². The SMILES string of the molecule is CCCNc1ncc(F)c(NC2(CC)CCC2)n1. The van der Waals surface area contributed by atoms with Crippen molar-refractivity contribution in [3.8, 4) is 0 Å². The lowest BCUT2D eigenvalue weighted by molar-refractivity contribution is 0.267. The van der Waals surface area contributed by atoms with Crippen molar-refractivity contribution in [1.82, 2.24) is 9.97 Å². The molecule has 1 heterocycles. The molecule has 0 bridgehead atoms. The second-order valence-electron chi connectivity index (χ2n) is 4.93. The zero-order valence-corrected chi connectivity index (χ0v) is 11.1. The molecule has 5 heteroatoms. The molecule has 0 unspecified atom stereocenters. The highest BCUT2D eigenvalue weighted by Crippen LogP contribution is 2.38. The van der Waals surface area contributed by atoms with Gasteiger partial charge in [-0.2, -0.15) is 4.98 Å². The standard InChI is InChI=1S/C13H21FN4/c1-3-8-15-12-16-9-10(14)11(17-12)18-13(4-2)6-5-7-13/h9H,3-8H2,1-2H3,(H2,15,16,17,18). The summed E-state index contributed by atoms with van der Waals surface area (Å²) in [6, 6.07) is 0. The monoisotopic (exact) mass is 252 g/mol. The molecule has 0 atom stereocenters. The van der Waals surface area contributed by atoms with Gasteiger partial charge < -0.3 is 10.6 Å². The van der Waals surface area contributed by atoms with Crippen LogP contribution >= 0.6 is 0 Å². The Morgan fingerprint density at radius 1 is 1.39 bits per heavy atom. The molecule has 4 nitrogen and oxygen atoms in total. The summed E-state index contributed by atoms with van der Waals surface area (Å²) < 4.78 is 13.7. The van der Waals surface area contributed by atoms with Crippen molar-refractivity contribution in [2.75, 3.05) is 17.2 Å². The van der Waals surface area contributed by atoms with E-state index in [0.717, 1.165) is 32.2 Å². The average Bonchev–Trinajstić information content (AvgIpc) is 2.34. The molecule has 100 valence electrons. The fraction of sp³-hybridized carbons (Fsp3) is 0.692. The Morgan fingerprint density at radius 2 is 2.17 bits per heavy atom. The molecule has 0 amide bonds. The third-order valence-electron chi connectivity index (χ3n) is 3.65. The van der Waals surface area contributed by atoms with Gasteiger partial charge in [-0.05, 0) is 32.1 Å².